The van der Waals surface area contributed by atoms with Gasteiger partial charge in [0.1, 0.15) is 12.5 Å². The minimum Gasteiger partial charge on any atom is -0.463 e. The number of carbonyl (C=O) groups is 2. The quantitative estimate of drug-likeness (QED) is 0.641. The first kappa shape index (κ1) is 16.3. The van der Waals surface area contributed by atoms with Crippen LogP contribution in [-0.4, -0.2) is 32.3 Å². The normalized spacial score (nSPS) is 21.0. The van der Waals surface area contributed by atoms with E-state index in [0.717, 1.165) is 0 Å². The summed E-state index contributed by atoms with van der Waals surface area (Å²) < 4.78 is 10.0. The highest BCUT2D eigenvalue weighted by atomic mass is 35.5. The molecular formula is C15H17ClN2O4. The molecule has 6 nitrogen and oxygen atoms in total. The molecule has 1 aromatic rings. The van der Waals surface area contributed by atoms with Crippen LogP contribution in [0.15, 0.2) is 36.5 Å². The maximum absolute atomic E-state index is 12.3. The molecule has 1 aliphatic heterocycles. The van der Waals surface area contributed by atoms with Gasteiger partial charge in [0.05, 0.1) is 12.6 Å². The van der Waals surface area contributed by atoms with Crippen molar-refractivity contribution in [3.63, 3.8) is 0 Å². The van der Waals surface area contributed by atoms with Crippen LogP contribution in [0.5, 0.6) is 0 Å². The van der Waals surface area contributed by atoms with E-state index >= 15 is 0 Å². The number of benzene rings is 1. The van der Waals surface area contributed by atoms with Gasteiger partial charge in [0.15, 0.2) is 0 Å². The van der Waals surface area contributed by atoms with Crippen LogP contribution in [0, 0.1) is 5.92 Å². The van der Waals surface area contributed by atoms with E-state index in [1.165, 1.54) is 7.11 Å². The van der Waals surface area contributed by atoms with Gasteiger partial charge in [0.2, 0.25) is 0 Å². The minimum atomic E-state index is -0.743. The summed E-state index contributed by atoms with van der Waals surface area (Å²) >= 11 is 5.98. The summed E-state index contributed by atoms with van der Waals surface area (Å²) in [7, 11) is 1.52. The molecule has 0 radical (unpaired) electrons. The molecule has 22 heavy (non-hydrogen) atoms. The summed E-state index contributed by atoms with van der Waals surface area (Å²) in [4.78, 5) is 24.0. The predicted octanol–water partition coefficient (Wildman–Crippen LogP) is 2.01. The highest BCUT2D eigenvalue weighted by Crippen LogP contribution is 2.31. The molecule has 7 heteroatoms. The van der Waals surface area contributed by atoms with Gasteiger partial charge in [0.25, 0.3) is 0 Å². The summed E-state index contributed by atoms with van der Waals surface area (Å²) in [5.74, 6) is -1.23. The summed E-state index contributed by atoms with van der Waals surface area (Å²) in [5.41, 5.74) is 0.994. The number of carbonyl (C=O) groups excluding carboxylic acids is 2. The summed E-state index contributed by atoms with van der Waals surface area (Å²) in [5, 5.41) is 5.73. The van der Waals surface area contributed by atoms with Crippen LogP contribution in [0.2, 0.25) is 5.02 Å². The zero-order valence-corrected chi connectivity index (χ0v) is 12.9. The Morgan fingerprint density at radius 1 is 1.41 bits per heavy atom. The third-order valence-electron chi connectivity index (χ3n) is 3.26. The lowest BCUT2D eigenvalue weighted by Crippen LogP contribution is -2.51. The molecule has 2 amide bonds. The molecule has 0 spiro atoms. The van der Waals surface area contributed by atoms with E-state index in [9.17, 15) is 9.59 Å². The molecule has 118 valence electrons. The number of rotatable bonds is 5. The van der Waals surface area contributed by atoms with E-state index in [1.54, 1.807) is 24.3 Å². The van der Waals surface area contributed by atoms with E-state index < -0.39 is 24.0 Å². The highest BCUT2D eigenvalue weighted by molar-refractivity contribution is 6.30. The fraction of sp³-hybridized carbons (Fsp3) is 0.333. The first-order valence-corrected chi connectivity index (χ1v) is 7.08. The zero-order chi connectivity index (χ0) is 16.1. The van der Waals surface area contributed by atoms with Crippen LogP contribution in [0.1, 0.15) is 11.6 Å². The summed E-state index contributed by atoms with van der Waals surface area (Å²) in [6.07, 6.45) is 0. The van der Waals surface area contributed by atoms with Gasteiger partial charge < -0.3 is 20.1 Å². The van der Waals surface area contributed by atoms with Gasteiger partial charge in [-0.1, -0.05) is 30.3 Å². The van der Waals surface area contributed by atoms with Gasteiger partial charge in [-0.3, -0.25) is 4.79 Å². The van der Waals surface area contributed by atoms with Crippen LogP contribution in [0.25, 0.3) is 0 Å². The number of hydrogen-bond acceptors (Lipinski definition) is 4. The van der Waals surface area contributed by atoms with E-state index in [-0.39, 0.29) is 12.3 Å². The number of amides is 2. The van der Waals surface area contributed by atoms with Crippen molar-refractivity contribution in [3.05, 3.63) is 47.1 Å². The number of urea groups is 1. The van der Waals surface area contributed by atoms with Gasteiger partial charge in [-0.05, 0) is 17.7 Å². The van der Waals surface area contributed by atoms with Crippen LogP contribution in [0.4, 0.5) is 4.79 Å². The van der Waals surface area contributed by atoms with Crippen molar-refractivity contribution in [1.29, 1.82) is 0 Å². The van der Waals surface area contributed by atoms with Gasteiger partial charge in [-0.25, -0.2) is 4.79 Å². The molecule has 0 aromatic heterocycles. The molecule has 1 saturated heterocycles. The molecule has 0 bridgehead atoms. The minimum absolute atomic E-state index is 0.134. The first-order chi connectivity index (χ1) is 10.5. The second-order valence-electron chi connectivity index (χ2n) is 4.79. The van der Waals surface area contributed by atoms with Crippen LogP contribution < -0.4 is 10.6 Å². The van der Waals surface area contributed by atoms with Crippen LogP contribution in [0.3, 0.4) is 0 Å². The Bertz CT molecular complexity index is 591. The summed E-state index contributed by atoms with van der Waals surface area (Å²) in [6.45, 7) is 4.19. The Morgan fingerprint density at radius 2 is 2.18 bits per heavy atom. The topological polar surface area (TPSA) is 76.7 Å². The predicted molar refractivity (Wildman–Crippen MR) is 81.3 cm³/mol. The molecule has 0 saturated carbocycles. The van der Waals surface area contributed by atoms with Crippen molar-refractivity contribution in [2.45, 2.75) is 6.04 Å². The Balaban J connectivity index is 2.24. The smallest absolute Gasteiger partial charge is 0.319 e. The Labute approximate surface area is 133 Å². The van der Waals surface area contributed by atoms with Gasteiger partial charge in [-0.2, -0.15) is 0 Å². The van der Waals surface area contributed by atoms with E-state index in [2.05, 4.69) is 17.2 Å². The molecule has 1 aliphatic rings. The molecule has 1 aromatic carbocycles. The lowest BCUT2D eigenvalue weighted by molar-refractivity contribution is -0.149. The lowest BCUT2D eigenvalue weighted by atomic mass is 9.89. The van der Waals surface area contributed by atoms with Gasteiger partial charge >= 0.3 is 12.0 Å². The maximum atomic E-state index is 12.3. The van der Waals surface area contributed by atoms with Gasteiger partial charge in [-0.15, -0.1) is 0 Å². The van der Waals surface area contributed by atoms with Crippen molar-refractivity contribution in [3.8, 4) is 0 Å². The number of esters is 1. The second-order valence-corrected chi connectivity index (χ2v) is 5.23. The first-order valence-electron chi connectivity index (χ1n) is 6.70. The van der Waals surface area contributed by atoms with E-state index in [0.29, 0.717) is 17.2 Å². The largest absolute Gasteiger partial charge is 0.463 e. The van der Waals surface area contributed by atoms with Crippen molar-refractivity contribution in [1.82, 2.24) is 10.6 Å². The van der Waals surface area contributed by atoms with Gasteiger partial charge in [0, 0.05) is 17.8 Å². The van der Waals surface area contributed by atoms with E-state index in [1.807, 2.05) is 0 Å². The number of halogens is 1. The monoisotopic (exact) mass is 324 g/mol. The van der Waals surface area contributed by atoms with Crippen molar-refractivity contribution in [2.24, 2.45) is 5.92 Å². The Kier molecular flexibility index (Phi) is 5.41. The molecule has 1 heterocycles. The number of hydrogen-bond donors (Lipinski definition) is 2. The number of methoxy groups -OCH3 is 1. The third kappa shape index (κ3) is 3.78. The molecule has 0 unspecified atom stereocenters. The number of ether oxygens (including phenoxy) is 2. The molecule has 1 fully saturated rings. The standard InChI is InChI=1S/C15H17ClN2O4/c1-9-12(14(19)22-7-6-21-2)13(18-15(20)17-9)10-4-3-5-11(16)8-10/h3-5,8,12-13H,1,6-7H2,2H3,(H2,17,18,20)/t12-,13+/m1/s1. The van der Waals surface area contributed by atoms with E-state index in [4.69, 9.17) is 21.1 Å². The fourth-order valence-electron chi connectivity index (χ4n) is 2.25. The van der Waals surface area contributed by atoms with Crippen LogP contribution in [-0.2, 0) is 14.3 Å². The third-order valence-corrected chi connectivity index (χ3v) is 3.50. The van der Waals surface area contributed by atoms with Crippen molar-refractivity contribution >= 4 is 23.6 Å². The molecule has 0 aliphatic carbocycles. The lowest BCUT2D eigenvalue weighted by Gasteiger charge is -2.33. The van der Waals surface area contributed by atoms with Crippen molar-refractivity contribution in [2.75, 3.05) is 20.3 Å². The van der Waals surface area contributed by atoms with Crippen LogP contribution >= 0.6 is 11.6 Å². The Hall–Kier alpha value is -2.05. The summed E-state index contributed by atoms with van der Waals surface area (Å²) in [6, 6.07) is 5.94. The molecule has 2 rings (SSSR count). The number of nitrogens with one attached hydrogen (secondary N) is 2. The highest BCUT2D eigenvalue weighted by Gasteiger charge is 2.38. The molecule has 2 atom stereocenters. The molecular weight excluding hydrogens is 308 g/mol. The SMILES string of the molecule is C=C1NC(=O)N[C@@H](c2cccc(Cl)c2)[C@@H]1C(=O)OCCOC. The second kappa shape index (κ2) is 7.29. The maximum Gasteiger partial charge on any atom is 0.319 e. The molecule has 2 N–H and O–H groups in total. The fourth-order valence-corrected chi connectivity index (χ4v) is 2.45. The average molecular weight is 325 g/mol. The van der Waals surface area contributed by atoms with Crippen molar-refractivity contribution < 1.29 is 19.1 Å². The average Bonchev–Trinajstić information content (AvgIpc) is 2.46. The Morgan fingerprint density at radius 3 is 2.86 bits per heavy atom. The zero-order valence-electron chi connectivity index (χ0n) is 12.1.